The SMILES string of the molecule is Cc1cnc(NC(=O)C2CC2(c2ccc(S(C)(=O)=O)cc2)C2CCCCC2)s1. The van der Waals surface area contributed by atoms with Crippen LogP contribution >= 0.6 is 11.3 Å². The van der Waals surface area contributed by atoms with Crippen LogP contribution in [0.4, 0.5) is 5.13 Å². The minimum atomic E-state index is -3.22. The van der Waals surface area contributed by atoms with E-state index in [1.54, 1.807) is 18.3 Å². The Labute approximate surface area is 170 Å². The number of thiazole rings is 1. The van der Waals surface area contributed by atoms with Crippen molar-refractivity contribution in [3.8, 4) is 0 Å². The number of rotatable bonds is 5. The Hall–Kier alpha value is -1.73. The molecule has 2 aliphatic carbocycles. The van der Waals surface area contributed by atoms with Gasteiger partial charge in [0.2, 0.25) is 5.91 Å². The number of aryl methyl sites for hydroxylation is 1. The third-order valence-electron chi connectivity index (χ3n) is 6.33. The van der Waals surface area contributed by atoms with Crippen molar-refractivity contribution in [3.63, 3.8) is 0 Å². The first-order valence-corrected chi connectivity index (χ1v) is 12.6. The van der Waals surface area contributed by atoms with Crippen molar-refractivity contribution in [3.05, 3.63) is 40.9 Å². The maximum Gasteiger partial charge on any atom is 0.230 e. The zero-order valence-corrected chi connectivity index (χ0v) is 17.9. The van der Waals surface area contributed by atoms with Crippen LogP contribution in [0.25, 0.3) is 0 Å². The summed E-state index contributed by atoms with van der Waals surface area (Å²) in [6, 6.07) is 7.22. The number of carbonyl (C=O) groups is 1. The van der Waals surface area contributed by atoms with Gasteiger partial charge >= 0.3 is 0 Å². The highest BCUT2D eigenvalue weighted by molar-refractivity contribution is 7.90. The number of anilines is 1. The first-order chi connectivity index (χ1) is 13.3. The molecule has 0 spiro atoms. The second-order valence-electron chi connectivity index (χ2n) is 8.19. The summed E-state index contributed by atoms with van der Waals surface area (Å²) in [5, 5.41) is 3.65. The molecule has 1 amide bonds. The van der Waals surface area contributed by atoms with E-state index in [0.717, 1.165) is 29.7 Å². The number of nitrogens with one attached hydrogen (secondary N) is 1. The van der Waals surface area contributed by atoms with Crippen molar-refractivity contribution in [1.29, 1.82) is 0 Å². The minimum absolute atomic E-state index is 0.0344. The number of benzene rings is 1. The molecule has 7 heteroatoms. The fourth-order valence-electron chi connectivity index (χ4n) is 4.85. The monoisotopic (exact) mass is 418 g/mol. The molecule has 2 aromatic rings. The van der Waals surface area contributed by atoms with Crippen molar-refractivity contribution in [2.45, 2.75) is 55.8 Å². The zero-order valence-electron chi connectivity index (χ0n) is 16.3. The maximum atomic E-state index is 13.0. The molecule has 0 bridgehead atoms. The summed E-state index contributed by atoms with van der Waals surface area (Å²) in [4.78, 5) is 18.7. The van der Waals surface area contributed by atoms with Crippen molar-refractivity contribution in [2.75, 3.05) is 11.6 Å². The van der Waals surface area contributed by atoms with Crippen LogP contribution in [-0.2, 0) is 20.0 Å². The van der Waals surface area contributed by atoms with E-state index in [1.165, 1.54) is 36.9 Å². The van der Waals surface area contributed by atoms with Crippen LogP contribution in [0.3, 0.4) is 0 Å². The van der Waals surface area contributed by atoms with E-state index >= 15 is 0 Å². The fourth-order valence-corrected chi connectivity index (χ4v) is 6.14. The van der Waals surface area contributed by atoms with Gasteiger partial charge in [-0.25, -0.2) is 13.4 Å². The zero-order chi connectivity index (χ0) is 19.9. The van der Waals surface area contributed by atoms with Gasteiger partial charge in [0.1, 0.15) is 0 Å². The summed E-state index contributed by atoms with van der Waals surface area (Å²) in [7, 11) is -3.22. The van der Waals surface area contributed by atoms with Crippen molar-refractivity contribution in [1.82, 2.24) is 4.98 Å². The molecule has 28 heavy (non-hydrogen) atoms. The first kappa shape index (κ1) is 19.6. The third-order valence-corrected chi connectivity index (χ3v) is 8.28. The Balaban J connectivity index is 1.62. The molecule has 0 aliphatic heterocycles. The highest BCUT2D eigenvalue weighted by Gasteiger charge is 2.62. The molecular formula is C21H26N2O3S2. The van der Waals surface area contributed by atoms with Gasteiger partial charge in [-0.2, -0.15) is 0 Å². The molecule has 5 nitrogen and oxygen atoms in total. The molecule has 1 heterocycles. The quantitative estimate of drug-likeness (QED) is 0.784. The van der Waals surface area contributed by atoms with Crippen LogP contribution in [0.15, 0.2) is 35.4 Å². The lowest BCUT2D eigenvalue weighted by Gasteiger charge is -2.32. The normalized spacial score (nSPS) is 25.4. The number of hydrogen-bond donors (Lipinski definition) is 1. The van der Waals surface area contributed by atoms with Crippen LogP contribution in [0.1, 0.15) is 49.0 Å². The van der Waals surface area contributed by atoms with E-state index in [9.17, 15) is 13.2 Å². The Morgan fingerprint density at radius 2 is 1.86 bits per heavy atom. The van der Waals surface area contributed by atoms with Crippen molar-refractivity contribution >= 4 is 32.2 Å². The molecular weight excluding hydrogens is 392 g/mol. The topological polar surface area (TPSA) is 76.1 Å². The molecule has 2 saturated carbocycles. The van der Waals surface area contributed by atoms with Gasteiger partial charge in [-0.3, -0.25) is 4.79 Å². The van der Waals surface area contributed by atoms with Crippen LogP contribution in [0, 0.1) is 18.8 Å². The fraction of sp³-hybridized carbons (Fsp3) is 0.524. The average molecular weight is 419 g/mol. The lowest BCUT2D eigenvalue weighted by molar-refractivity contribution is -0.118. The summed E-state index contributed by atoms with van der Waals surface area (Å²) in [6.45, 7) is 1.97. The second-order valence-corrected chi connectivity index (χ2v) is 11.4. The molecule has 150 valence electrons. The van der Waals surface area contributed by atoms with Crippen molar-refractivity contribution < 1.29 is 13.2 Å². The molecule has 2 unspecified atom stereocenters. The highest BCUT2D eigenvalue weighted by atomic mass is 32.2. The molecule has 0 saturated heterocycles. The van der Waals surface area contributed by atoms with Crippen LogP contribution in [0.2, 0.25) is 0 Å². The van der Waals surface area contributed by atoms with Gasteiger partial charge in [0.05, 0.1) is 4.90 Å². The van der Waals surface area contributed by atoms with Gasteiger partial charge < -0.3 is 5.32 Å². The Bertz CT molecular complexity index is 975. The molecule has 2 aliphatic rings. The first-order valence-electron chi connectivity index (χ1n) is 9.84. The van der Waals surface area contributed by atoms with Gasteiger partial charge in [0, 0.05) is 28.7 Å². The highest BCUT2D eigenvalue weighted by Crippen LogP contribution is 2.62. The van der Waals surface area contributed by atoms with Crippen molar-refractivity contribution in [2.24, 2.45) is 11.8 Å². The number of nitrogens with zero attached hydrogens (tertiary/aromatic N) is 1. The summed E-state index contributed by atoms with van der Waals surface area (Å²) in [5.74, 6) is 0.426. The lowest BCUT2D eigenvalue weighted by atomic mass is 9.73. The number of hydrogen-bond acceptors (Lipinski definition) is 5. The molecule has 1 aromatic carbocycles. The van der Waals surface area contributed by atoms with E-state index in [4.69, 9.17) is 0 Å². The van der Waals surface area contributed by atoms with Crippen LogP contribution in [-0.4, -0.2) is 25.6 Å². The molecule has 2 fully saturated rings. The van der Waals surface area contributed by atoms with E-state index < -0.39 is 9.84 Å². The Morgan fingerprint density at radius 3 is 2.43 bits per heavy atom. The summed E-state index contributed by atoms with van der Waals surface area (Å²) < 4.78 is 23.6. The number of aromatic nitrogens is 1. The average Bonchev–Trinajstić information content (AvgIpc) is 3.32. The third kappa shape index (κ3) is 3.62. The maximum absolute atomic E-state index is 13.0. The Morgan fingerprint density at radius 1 is 1.18 bits per heavy atom. The largest absolute Gasteiger partial charge is 0.302 e. The lowest BCUT2D eigenvalue weighted by Crippen LogP contribution is -2.29. The smallest absolute Gasteiger partial charge is 0.230 e. The van der Waals surface area contributed by atoms with Crippen LogP contribution in [0.5, 0.6) is 0 Å². The number of sulfone groups is 1. The standard InChI is InChI=1S/C21H26N2O3S2/c1-14-13-22-20(27-14)23-19(24)18-12-21(18,15-6-4-3-5-7-15)16-8-10-17(11-9-16)28(2,25)26/h8-11,13,15,18H,3-7,12H2,1-2H3,(H,22,23,24). The van der Waals surface area contributed by atoms with E-state index in [1.807, 2.05) is 19.1 Å². The minimum Gasteiger partial charge on any atom is -0.302 e. The molecule has 2 atom stereocenters. The molecule has 4 rings (SSSR count). The van der Waals surface area contributed by atoms with E-state index in [2.05, 4.69) is 10.3 Å². The second kappa shape index (κ2) is 7.26. The summed E-state index contributed by atoms with van der Waals surface area (Å²) >= 11 is 1.49. The predicted molar refractivity (Wildman–Crippen MR) is 111 cm³/mol. The van der Waals surface area contributed by atoms with E-state index in [0.29, 0.717) is 15.9 Å². The molecule has 1 N–H and O–H groups in total. The van der Waals surface area contributed by atoms with Gasteiger partial charge in [0.15, 0.2) is 15.0 Å². The molecule has 0 radical (unpaired) electrons. The summed E-state index contributed by atoms with van der Waals surface area (Å²) in [5.41, 5.74) is 0.926. The van der Waals surface area contributed by atoms with Gasteiger partial charge in [-0.15, -0.1) is 11.3 Å². The van der Waals surface area contributed by atoms with Gasteiger partial charge in [0.25, 0.3) is 0 Å². The van der Waals surface area contributed by atoms with Gasteiger partial charge in [-0.1, -0.05) is 31.4 Å². The predicted octanol–water partition coefficient (Wildman–Crippen LogP) is 4.33. The van der Waals surface area contributed by atoms with Crippen LogP contribution < -0.4 is 5.32 Å². The number of carbonyl (C=O) groups excluding carboxylic acids is 1. The van der Waals surface area contributed by atoms with E-state index in [-0.39, 0.29) is 17.2 Å². The molecule has 1 aromatic heterocycles. The summed E-state index contributed by atoms with van der Waals surface area (Å²) in [6.07, 6.45) is 9.75. The van der Waals surface area contributed by atoms with Gasteiger partial charge in [-0.05, 0) is 49.8 Å². The number of amides is 1. The Kier molecular flexibility index (Phi) is 5.08.